The van der Waals surface area contributed by atoms with Gasteiger partial charge in [-0.25, -0.2) is 4.99 Å². The Hall–Kier alpha value is -4.24. The van der Waals surface area contributed by atoms with Gasteiger partial charge < -0.3 is 4.57 Å². The van der Waals surface area contributed by atoms with E-state index >= 15 is 0 Å². The first-order valence-electron chi connectivity index (χ1n) is 11.2. The summed E-state index contributed by atoms with van der Waals surface area (Å²) < 4.78 is 4.52. The van der Waals surface area contributed by atoms with Crippen molar-refractivity contribution in [3.8, 4) is 11.3 Å². The molecule has 1 aromatic heterocycles. The van der Waals surface area contributed by atoms with Crippen LogP contribution in [0.2, 0.25) is 0 Å². The molecular formula is C30H24N3+. The van der Waals surface area contributed by atoms with Crippen molar-refractivity contribution in [2.75, 3.05) is 7.05 Å². The second kappa shape index (κ2) is 7.72. The molecule has 0 unspecified atom stereocenters. The van der Waals surface area contributed by atoms with E-state index in [1.165, 1.54) is 11.2 Å². The highest BCUT2D eigenvalue weighted by Crippen LogP contribution is 2.41. The van der Waals surface area contributed by atoms with E-state index in [9.17, 15) is 0 Å². The molecule has 0 amide bonds. The average molecular weight is 427 g/mol. The Kier molecular flexibility index (Phi) is 4.55. The van der Waals surface area contributed by atoms with Crippen LogP contribution in [0.15, 0.2) is 114 Å². The number of rotatable bonds is 3. The molecule has 3 nitrogen and oxygen atoms in total. The monoisotopic (exact) mass is 426 g/mol. The van der Waals surface area contributed by atoms with Crippen LogP contribution in [0.25, 0.3) is 22.2 Å². The Morgan fingerprint density at radius 3 is 2.03 bits per heavy atom. The lowest BCUT2D eigenvalue weighted by molar-refractivity contribution is -0.399. The van der Waals surface area contributed by atoms with Gasteiger partial charge in [0.05, 0.1) is 22.5 Å². The maximum Gasteiger partial charge on any atom is 0.239 e. The fourth-order valence-corrected chi connectivity index (χ4v) is 4.94. The predicted molar refractivity (Wildman–Crippen MR) is 137 cm³/mol. The molecule has 0 N–H and O–H groups in total. The third kappa shape index (κ3) is 3.05. The van der Waals surface area contributed by atoms with Crippen molar-refractivity contribution in [1.82, 2.24) is 4.57 Å². The SMILES string of the molecule is Cn1c(-c2ccccc2)c(N=C2C(c3ccccc3)=[N+](C)c3ccccc32)c2ccccc21. The maximum absolute atomic E-state index is 5.45. The molecule has 2 heterocycles. The molecule has 0 saturated heterocycles. The molecule has 3 heteroatoms. The minimum atomic E-state index is 1.01. The van der Waals surface area contributed by atoms with Gasteiger partial charge in [0.25, 0.3) is 0 Å². The van der Waals surface area contributed by atoms with Crippen molar-refractivity contribution in [2.45, 2.75) is 0 Å². The van der Waals surface area contributed by atoms with Gasteiger partial charge in [0, 0.05) is 29.6 Å². The number of para-hydroxylation sites is 2. The lowest BCUT2D eigenvalue weighted by Crippen LogP contribution is -2.18. The van der Waals surface area contributed by atoms with Crippen molar-refractivity contribution in [3.63, 3.8) is 0 Å². The lowest BCUT2D eigenvalue weighted by Gasteiger charge is -2.07. The smallest absolute Gasteiger partial charge is 0.239 e. The first-order chi connectivity index (χ1) is 16.2. The van der Waals surface area contributed by atoms with Gasteiger partial charge >= 0.3 is 0 Å². The molecule has 0 saturated carbocycles. The van der Waals surface area contributed by atoms with E-state index in [2.05, 4.69) is 132 Å². The summed E-state index contributed by atoms with van der Waals surface area (Å²) in [7, 11) is 4.26. The average Bonchev–Trinajstić information content (AvgIpc) is 3.32. The largest absolute Gasteiger partial charge is 0.342 e. The highest BCUT2D eigenvalue weighted by Gasteiger charge is 2.35. The Labute approximate surface area is 193 Å². The van der Waals surface area contributed by atoms with Crippen LogP contribution in [0.4, 0.5) is 11.4 Å². The van der Waals surface area contributed by atoms with Gasteiger partial charge in [0.15, 0.2) is 0 Å². The van der Waals surface area contributed by atoms with Crippen molar-refractivity contribution in [2.24, 2.45) is 12.0 Å². The van der Waals surface area contributed by atoms with Crippen molar-refractivity contribution in [3.05, 3.63) is 120 Å². The molecular weight excluding hydrogens is 402 g/mol. The summed E-state index contributed by atoms with van der Waals surface area (Å²) >= 11 is 0. The number of benzene rings is 4. The van der Waals surface area contributed by atoms with Gasteiger partial charge in [-0.05, 0) is 24.3 Å². The topological polar surface area (TPSA) is 20.3 Å². The van der Waals surface area contributed by atoms with E-state index in [1.807, 2.05) is 0 Å². The quantitative estimate of drug-likeness (QED) is 0.285. The highest BCUT2D eigenvalue weighted by atomic mass is 15.0. The van der Waals surface area contributed by atoms with Crippen LogP contribution in [-0.2, 0) is 7.05 Å². The van der Waals surface area contributed by atoms with Crippen LogP contribution in [0, 0.1) is 0 Å². The molecule has 6 rings (SSSR count). The van der Waals surface area contributed by atoms with Crippen molar-refractivity contribution in [1.29, 1.82) is 0 Å². The molecule has 1 aliphatic rings. The summed E-state index contributed by atoms with van der Waals surface area (Å²) in [6.07, 6.45) is 0. The standard InChI is InChI=1S/C30H24N3/c1-32-25-19-11-9-17-23(25)27(29(32)21-13-5-3-6-14-21)31-28-24-18-10-12-20-26(24)33(2)30(28)22-15-7-4-8-16-22/h3-20H,1-2H3/q+1. The molecule has 0 bridgehead atoms. The maximum atomic E-state index is 5.45. The van der Waals surface area contributed by atoms with E-state index in [0.29, 0.717) is 0 Å². The molecule has 158 valence electrons. The van der Waals surface area contributed by atoms with Crippen molar-refractivity contribution >= 4 is 33.7 Å². The van der Waals surface area contributed by atoms with Crippen LogP contribution in [0.1, 0.15) is 11.1 Å². The molecule has 5 aromatic rings. The zero-order valence-electron chi connectivity index (χ0n) is 18.7. The van der Waals surface area contributed by atoms with Crippen LogP contribution in [0.3, 0.4) is 0 Å². The first-order valence-corrected chi connectivity index (χ1v) is 11.2. The van der Waals surface area contributed by atoms with Crippen molar-refractivity contribution < 1.29 is 4.58 Å². The normalized spacial score (nSPS) is 14.3. The van der Waals surface area contributed by atoms with E-state index in [0.717, 1.165) is 44.9 Å². The van der Waals surface area contributed by atoms with Gasteiger partial charge in [0.1, 0.15) is 12.8 Å². The van der Waals surface area contributed by atoms with Crippen LogP contribution in [-0.4, -0.2) is 27.6 Å². The molecule has 0 radical (unpaired) electrons. The summed E-state index contributed by atoms with van der Waals surface area (Å²) in [5, 5.41) is 1.16. The van der Waals surface area contributed by atoms with E-state index in [1.54, 1.807) is 0 Å². The van der Waals surface area contributed by atoms with Gasteiger partial charge in [-0.1, -0.05) is 78.9 Å². The number of nitrogens with zero attached hydrogens (tertiary/aromatic N) is 3. The zero-order chi connectivity index (χ0) is 22.4. The van der Waals surface area contributed by atoms with Gasteiger partial charge in [-0.2, -0.15) is 4.58 Å². The second-order valence-electron chi connectivity index (χ2n) is 8.39. The van der Waals surface area contributed by atoms with Gasteiger partial charge in [-0.15, -0.1) is 0 Å². The molecule has 0 atom stereocenters. The first kappa shape index (κ1) is 19.4. The molecule has 33 heavy (non-hydrogen) atoms. The van der Waals surface area contributed by atoms with Gasteiger partial charge in [-0.3, -0.25) is 0 Å². The van der Waals surface area contributed by atoms with Crippen LogP contribution < -0.4 is 0 Å². The highest BCUT2D eigenvalue weighted by molar-refractivity contribution is 6.54. The Morgan fingerprint density at radius 2 is 1.27 bits per heavy atom. The third-order valence-electron chi connectivity index (χ3n) is 6.48. The van der Waals surface area contributed by atoms with E-state index in [4.69, 9.17) is 4.99 Å². The van der Waals surface area contributed by atoms with Crippen LogP contribution >= 0.6 is 0 Å². The summed E-state index contributed by atoms with van der Waals surface area (Å²) in [5.41, 5.74) is 10.1. The van der Waals surface area contributed by atoms with E-state index in [-0.39, 0.29) is 0 Å². The third-order valence-corrected chi connectivity index (χ3v) is 6.48. The number of fused-ring (bicyclic) bond motifs is 2. The summed E-state index contributed by atoms with van der Waals surface area (Å²) in [4.78, 5) is 5.45. The second-order valence-corrected chi connectivity index (χ2v) is 8.39. The Bertz CT molecular complexity index is 1550. The Balaban J connectivity index is 1.69. The molecule has 0 aliphatic carbocycles. The lowest BCUT2D eigenvalue weighted by atomic mass is 10.0. The molecule has 1 aliphatic heterocycles. The number of aliphatic imine (C=N–C) groups is 1. The minimum absolute atomic E-state index is 1.01. The molecule has 0 fully saturated rings. The number of hydrogen-bond donors (Lipinski definition) is 0. The summed E-state index contributed by atoms with van der Waals surface area (Å²) in [5.74, 6) is 0. The van der Waals surface area contributed by atoms with Gasteiger partial charge in [0.2, 0.25) is 11.4 Å². The zero-order valence-corrected chi connectivity index (χ0v) is 18.7. The predicted octanol–water partition coefficient (Wildman–Crippen LogP) is 6.74. The molecule has 4 aromatic carbocycles. The molecule has 0 spiro atoms. The minimum Gasteiger partial charge on any atom is -0.342 e. The number of hydrogen-bond acceptors (Lipinski definition) is 1. The van der Waals surface area contributed by atoms with E-state index < -0.39 is 0 Å². The fourth-order valence-electron chi connectivity index (χ4n) is 4.94. The summed E-state index contributed by atoms with van der Waals surface area (Å²) in [6.45, 7) is 0. The fraction of sp³-hybridized carbons (Fsp3) is 0.0667. The Morgan fingerprint density at radius 1 is 0.667 bits per heavy atom. The number of aryl methyl sites for hydroxylation is 1. The van der Waals surface area contributed by atoms with Crippen LogP contribution in [0.5, 0.6) is 0 Å². The number of aromatic nitrogens is 1. The summed E-state index contributed by atoms with van der Waals surface area (Å²) in [6, 6.07) is 38.2.